The van der Waals surface area contributed by atoms with Crippen molar-refractivity contribution < 1.29 is 23.8 Å². The number of amides is 2. The largest absolute Gasteiger partial charge is 0.373 e. The van der Waals surface area contributed by atoms with Crippen LogP contribution in [0.15, 0.2) is 48.8 Å². The smallest absolute Gasteiger partial charge is 0.342 e. The van der Waals surface area contributed by atoms with Gasteiger partial charge in [-0.1, -0.05) is 24.0 Å². The molecule has 10 heteroatoms. The van der Waals surface area contributed by atoms with Crippen LogP contribution in [0.5, 0.6) is 0 Å². The van der Waals surface area contributed by atoms with Gasteiger partial charge in [0.2, 0.25) is 11.9 Å². The second kappa shape index (κ2) is 9.53. The molecule has 2 aromatic heterocycles. The highest BCUT2D eigenvalue weighted by atomic mass is 19.1. The van der Waals surface area contributed by atoms with Gasteiger partial charge in [-0.3, -0.25) is 4.79 Å². The minimum absolute atomic E-state index is 0.185. The Morgan fingerprint density at radius 2 is 2.17 bits per heavy atom. The average Bonchev–Trinajstić information content (AvgIpc) is 3.28. The van der Waals surface area contributed by atoms with Crippen molar-refractivity contribution in [1.29, 1.82) is 0 Å². The standard InChI is InChI=1S/C26H24FN5O4/c1-31-22-12-17(9-10-26(35)15-36-16-26)5-6-19(22)7-8-21(24(31)33)30-25(34)32-14-18(13-28-32)11-20-3-2-4-23(27)29-20/h2-6,12-14,21,35H,7-8,11,15-16H2,1H3,(H,30,34)/t21-/m1/s1. The van der Waals surface area contributed by atoms with Crippen LogP contribution in [0.1, 0.15) is 28.8 Å². The number of rotatable bonds is 3. The minimum Gasteiger partial charge on any atom is -0.373 e. The third-order valence-corrected chi connectivity index (χ3v) is 6.20. The lowest BCUT2D eigenvalue weighted by molar-refractivity contribution is -0.140. The van der Waals surface area contributed by atoms with Crippen LogP contribution in [0.3, 0.4) is 0 Å². The zero-order valence-corrected chi connectivity index (χ0v) is 19.6. The first kappa shape index (κ1) is 23.7. The number of nitrogens with one attached hydrogen (secondary N) is 1. The summed E-state index contributed by atoms with van der Waals surface area (Å²) in [5.74, 6) is 4.95. The molecule has 2 aliphatic heterocycles. The summed E-state index contributed by atoms with van der Waals surface area (Å²) in [5.41, 5.74) is 2.43. The van der Waals surface area contributed by atoms with Gasteiger partial charge in [-0.2, -0.15) is 14.2 Å². The molecule has 0 unspecified atom stereocenters. The molecule has 1 fully saturated rings. The van der Waals surface area contributed by atoms with Crippen LogP contribution in [-0.4, -0.2) is 63.7 Å². The number of hydrogen-bond donors (Lipinski definition) is 2. The quantitative estimate of drug-likeness (QED) is 0.428. The van der Waals surface area contributed by atoms with E-state index in [1.54, 1.807) is 19.2 Å². The van der Waals surface area contributed by atoms with E-state index < -0.39 is 23.6 Å². The minimum atomic E-state index is -1.12. The van der Waals surface area contributed by atoms with Crippen LogP contribution in [0.4, 0.5) is 14.9 Å². The van der Waals surface area contributed by atoms with Gasteiger partial charge in [0, 0.05) is 36.6 Å². The summed E-state index contributed by atoms with van der Waals surface area (Å²) in [4.78, 5) is 31.3. The van der Waals surface area contributed by atoms with Gasteiger partial charge in [0.1, 0.15) is 6.04 Å². The average molecular weight is 490 g/mol. The highest BCUT2D eigenvalue weighted by Crippen LogP contribution is 2.27. The van der Waals surface area contributed by atoms with E-state index in [2.05, 4.69) is 27.2 Å². The van der Waals surface area contributed by atoms with E-state index in [0.717, 1.165) is 10.2 Å². The zero-order valence-electron chi connectivity index (χ0n) is 19.6. The highest BCUT2D eigenvalue weighted by Gasteiger charge is 2.34. The fraction of sp³-hybridized carbons (Fsp3) is 0.308. The van der Waals surface area contributed by atoms with E-state index >= 15 is 0 Å². The van der Waals surface area contributed by atoms with Crippen LogP contribution in [0.2, 0.25) is 0 Å². The maximum Gasteiger partial charge on any atom is 0.342 e. The molecule has 9 nitrogen and oxygen atoms in total. The van der Waals surface area contributed by atoms with Gasteiger partial charge in [0.05, 0.1) is 19.4 Å². The summed E-state index contributed by atoms with van der Waals surface area (Å²) in [5, 5.41) is 17.0. The monoisotopic (exact) mass is 489 g/mol. The van der Waals surface area contributed by atoms with Crippen molar-refractivity contribution >= 4 is 17.6 Å². The molecule has 2 amide bonds. The molecule has 5 rings (SSSR count). The summed E-state index contributed by atoms with van der Waals surface area (Å²) >= 11 is 0. The van der Waals surface area contributed by atoms with Crippen LogP contribution in [-0.2, 0) is 22.4 Å². The van der Waals surface area contributed by atoms with Gasteiger partial charge >= 0.3 is 6.03 Å². The Hall–Kier alpha value is -4.07. The van der Waals surface area contributed by atoms with Crippen molar-refractivity contribution in [2.24, 2.45) is 0 Å². The lowest BCUT2D eigenvalue weighted by Gasteiger charge is -2.30. The summed E-state index contributed by atoms with van der Waals surface area (Å²) in [6.45, 7) is 0.369. The molecule has 0 spiro atoms. The van der Waals surface area contributed by atoms with E-state index in [4.69, 9.17) is 4.74 Å². The first-order valence-electron chi connectivity index (χ1n) is 11.5. The summed E-state index contributed by atoms with van der Waals surface area (Å²) in [6, 6.07) is 8.83. The maximum absolute atomic E-state index is 13.3. The van der Waals surface area contributed by atoms with E-state index in [9.17, 15) is 19.1 Å². The number of aromatic nitrogens is 3. The number of carbonyl (C=O) groups is 2. The van der Waals surface area contributed by atoms with Crippen LogP contribution < -0.4 is 10.2 Å². The van der Waals surface area contributed by atoms with Gasteiger partial charge in [-0.25, -0.2) is 9.78 Å². The normalized spacial score (nSPS) is 18.4. The molecule has 0 aliphatic carbocycles. The number of anilines is 1. The zero-order chi connectivity index (χ0) is 25.3. The van der Waals surface area contributed by atoms with Crippen molar-refractivity contribution in [2.45, 2.75) is 30.9 Å². The Kier molecular flexibility index (Phi) is 6.26. The van der Waals surface area contributed by atoms with Crippen molar-refractivity contribution in [3.63, 3.8) is 0 Å². The Morgan fingerprint density at radius 1 is 1.33 bits per heavy atom. The Bertz CT molecular complexity index is 1390. The number of likely N-dealkylation sites (N-methyl/N-ethyl adjacent to an activating group) is 1. The van der Waals surface area contributed by atoms with Gasteiger partial charge in [-0.05, 0) is 48.2 Å². The summed E-state index contributed by atoms with van der Waals surface area (Å²) in [6.07, 6.45) is 4.37. The fourth-order valence-electron chi connectivity index (χ4n) is 4.17. The molecule has 4 heterocycles. The first-order chi connectivity index (χ1) is 17.3. The van der Waals surface area contributed by atoms with Crippen molar-refractivity contribution in [3.05, 3.63) is 77.1 Å². The topological polar surface area (TPSA) is 110 Å². The Balaban J connectivity index is 1.26. The number of aliphatic hydroxyl groups is 1. The Morgan fingerprint density at radius 3 is 2.92 bits per heavy atom. The van der Waals surface area contributed by atoms with E-state index in [0.29, 0.717) is 41.8 Å². The third kappa shape index (κ3) is 4.98. The second-order valence-corrected chi connectivity index (χ2v) is 8.98. The lowest BCUT2D eigenvalue weighted by Crippen LogP contribution is -2.48. The third-order valence-electron chi connectivity index (χ3n) is 6.20. The van der Waals surface area contributed by atoms with Crippen molar-refractivity contribution in [3.8, 4) is 11.8 Å². The van der Waals surface area contributed by atoms with Crippen LogP contribution in [0.25, 0.3) is 0 Å². The summed E-state index contributed by atoms with van der Waals surface area (Å²) in [7, 11) is 1.66. The SMILES string of the molecule is CN1C(=O)[C@H](NC(=O)n2cc(Cc3cccc(F)n3)cn2)CCc2ccc(C#CC3(O)COC3)cc21. The molecule has 1 atom stereocenters. The molecule has 3 aromatic rings. The van der Waals surface area contributed by atoms with Crippen molar-refractivity contribution in [2.75, 3.05) is 25.2 Å². The number of fused-ring (bicyclic) bond motifs is 1. The number of nitrogens with zero attached hydrogens (tertiary/aromatic N) is 4. The van der Waals surface area contributed by atoms with E-state index in [1.807, 2.05) is 18.2 Å². The van der Waals surface area contributed by atoms with Gasteiger partial charge in [-0.15, -0.1) is 0 Å². The molecule has 2 aliphatic rings. The molecule has 2 N–H and O–H groups in total. The van der Waals surface area contributed by atoms with Gasteiger partial charge in [0.15, 0.2) is 5.60 Å². The van der Waals surface area contributed by atoms with Gasteiger partial charge < -0.3 is 20.1 Å². The molecule has 36 heavy (non-hydrogen) atoms. The predicted octanol–water partition coefficient (Wildman–Crippen LogP) is 1.66. The van der Waals surface area contributed by atoms with E-state index in [-0.39, 0.29) is 19.1 Å². The molecule has 0 radical (unpaired) electrons. The fourth-order valence-corrected chi connectivity index (χ4v) is 4.17. The summed E-state index contributed by atoms with van der Waals surface area (Å²) < 4.78 is 19.5. The molecule has 1 saturated heterocycles. The molecule has 1 aromatic carbocycles. The van der Waals surface area contributed by atoms with Crippen LogP contribution in [0, 0.1) is 17.8 Å². The molecule has 184 valence electrons. The molecule has 0 saturated carbocycles. The first-order valence-corrected chi connectivity index (χ1v) is 11.5. The Labute approximate surface area is 206 Å². The molecular weight excluding hydrogens is 465 g/mol. The van der Waals surface area contributed by atoms with Gasteiger partial charge in [0.25, 0.3) is 0 Å². The second-order valence-electron chi connectivity index (χ2n) is 8.98. The van der Waals surface area contributed by atoms with E-state index in [1.165, 1.54) is 23.4 Å². The number of hydrogen-bond acceptors (Lipinski definition) is 6. The number of carbonyl (C=O) groups excluding carboxylic acids is 2. The highest BCUT2D eigenvalue weighted by molar-refractivity contribution is 6.00. The number of halogens is 1. The molecular formula is C26H24FN5O4. The van der Waals surface area contributed by atoms with Crippen molar-refractivity contribution in [1.82, 2.24) is 20.1 Å². The number of ether oxygens (including phenoxy) is 1. The number of pyridine rings is 1. The number of aryl methyl sites for hydroxylation is 1. The lowest BCUT2D eigenvalue weighted by atomic mass is 10.0. The molecule has 0 bridgehead atoms. The number of benzene rings is 1. The van der Waals surface area contributed by atoms with Crippen LogP contribution >= 0.6 is 0 Å². The maximum atomic E-state index is 13.3. The predicted molar refractivity (Wildman–Crippen MR) is 128 cm³/mol.